The van der Waals surface area contributed by atoms with E-state index in [-0.39, 0.29) is 5.78 Å². The van der Waals surface area contributed by atoms with Crippen molar-refractivity contribution in [1.29, 1.82) is 0 Å². The number of aryl methyl sites for hydroxylation is 1. The lowest BCUT2D eigenvalue weighted by Gasteiger charge is -2.05. The van der Waals surface area contributed by atoms with Crippen LogP contribution in [0, 0.1) is 5.92 Å². The maximum absolute atomic E-state index is 11.5. The van der Waals surface area contributed by atoms with E-state index in [0.29, 0.717) is 6.42 Å². The normalized spacial score (nSPS) is 21.0. The van der Waals surface area contributed by atoms with Crippen LogP contribution in [0.4, 0.5) is 0 Å². The smallest absolute Gasteiger partial charge is 0.183 e. The van der Waals surface area contributed by atoms with Gasteiger partial charge in [0.25, 0.3) is 0 Å². The van der Waals surface area contributed by atoms with Gasteiger partial charge in [-0.2, -0.15) is 5.10 Å². The van der Waals surface area contributed by atoms with Crippen LogP contribution in [0.15, 0.2) is 6.20 Å². The molecular weight excluding hydrogens is 176 g/mol. The molecule has 0 aromatic carbocycles. The molecule has 0 amide bonds. The van der Waals surface area contributed by atoms with Crippen LogP contribution in [0.5, 0.6) is 0 Å². The standard InChI is InChI=1S/C11H14N2O/c14-10-3-1-2-9-7-13(12-11(9)10)6-8-4-5-8/h7-8H,1-6H2. The zero-order valence-electron chi connectivity index (χ0n) is 8.20. The van der Waals surface area contributed by atoms with Gasteiger partial charge < -0.3 is 0 Å². The molecule has 74 valence electrons. The molecule has 1 fully saturated rings. The number of rotatable bonds is 2. The zero-order chi connectivity index (χ0) is 9.54. The number of carbonyl (C=O) groups is 1. The molecule has 0 unspecified atom stereocenters. The summed E-state index contributed by atoms with van der Waals surface area (Å²) >= 11 is 0. The molecule has 3 nitrogen and oxygen atoms in total. The Balaban J connectivity index is 1.88. The third kappa shape index (κ3) is 1.37. The summed E-state index contributed by atoms with van der Waals surface area (Å²) in [5.74, 6) is 1.06. The van der Waals surface area contributed by atoms with E-state index >= 15 is 0 Å². The molecule has 14 heavy (non-hydrogen) atoms. The number of fused-ring (bicyclic) bond motifs is 1. The average molecular weight is 190 g/mol. The van der Waals surface area contributed by atoms with Crippen LogP contribution >= 0.6 is 0 Å². The maximum Gasteiger partial charge on any atom is 0.183 e. The molecule has 1 saturated carbocycles. The molecule has 1 aromatic heterocycles. The minimum absolute atomic E-state index is 0.237. The second-order valence-corrected chi connectivity index (χ2v) is 4.45. The van der Waals surface area contributed by atoms with Gasteiger partial charge in [-0.05, 0) is 31.6 Å². The van der Waals surface area contributed by atoms with E-state index in [4.69, 9.17) is 0 Å². The van der Waals surface area contributed by atoms with Crippen LogP contribution < -0.4 is 0 Å². The summed E-state index contributed by atoms with van der Waals surface area (Å²) in [4.78, 5) is 11.5. The van der Waals surface area contributed by atoms with Gasteiger partial charge in [-0.1, -0.05) is 0 Å². The second-order valence-electron chi connectivity index (χ2n) is 4.45. The summed E-state index contributed by atoms with van der Waals surface area (Å²) in [5.41, 5.74) is 1.92. The molecule has 0 aliphatic heterocycles. The number of Topliss-reactive ketones (excluding diaryl/α,β-unsaturated/α-hetero) is 1. The Kier molecular flexibility index (Phi) is 1.72. The van der Waals surface area contributed by atoms with Gasteiger partial charge in [-0.25, -0.2) is 0 Å². The second kappa shape index (κ2) is 2.94. The number of ketones is 1. The van der Waals surface area contributed by atoms with Gasteiger partial charge in [0.15, 0.2) is 5.78 Å². The highest BCUT2D eigenvalue weighted by atomic mass is 16.1. The maximum atomic E-state index is 11.5. The Morgan fingerprint density at radius 1 is 1.43 bits per heavy atom. The van der Waals surface area contributed by atoms with Crippen LogP contribution in [0.25, 0.3) is 0 Å². The van der Waals surface area contributed by atoms with Gasteiger partial charge >= 0.3 is 0 Å². The molecule has 3 rings (SSSR count). The van der Waals surface area contributed by atoms with E-state index in [1.807, 2.05) is 4.68 Å². The van der Waals surface area contributed by atoms with Crippen LogP contribution in [0.2, 0.25) is 0 Å². The average Bonchev–Trinajstić information content (AvgIpc) is 2.84. The minimum Gasteiger partial charge on any atom is -0.292 e. The highest BCUT2D eigenvalue weighted by Gasteiger charge is 2.25. The van der Waals surface area contributed by atoms with E-state index in [9.17, 15) is 4.79 Å². The predicted octanol–water partition coefficient (Wildman–Crippen LogP) is 1.81. The first kappa shape index (κ1) is 8.21. The van der Waals surface area contributed by atoms with Gasteiger partial charge in [-0.15, -0.1) is 0 Å². The fraction of sp³-hybridized carbons (Fsp3) is 0.636. The summed E-state index contributed by atoms with van der Waals surface area (Å²) < 4.78 is 1.98. The monoisotopic (exact) mass is 190 g/mol. The lowest BCUT2D eigenvalue weighted by atomic mass is 9.97. The van der Waals surface area contributed by atoms with Crippen LogP contribution in [0.1, 0.15) is 41.7 Å². The Morgan fingerprint density at radius 2 is 2.29 bits per heavy atom. The largest absolute Gasteiger partial charge is 0.292 e. The number of hydrogen-bond acceptors (Lipinski definition) is 2. The van der Waals surface area contributed by atoms with Crippen molar-refractivity contribution in [3.05, 3.63) is 17.5 Å². The molecule has 0 N–H and O–H groups in total. The van der Waals surface area contributed by atoms with Crippen molar-refractivity contribution >= 4 is 5.78 Å². The molecular formula is C11H14N2O. The van der Waals surface area contributed by atoms with Crippen molar-refractivity contribution in [2.75, 3.05) is 0 Å². The van der Waals surface area contributed by atoms with E-state index in [2.05, 4.69) is 11.3 Å². The quantitative estimate of drug-likeness (QED) is 0.713. The topological polar surface area (TPSA) is 34.9 Å². The van der Waals surface area contributed by atoms with Crippen LogP contribution in [-0.2, 0) is 13.0 Å². The van der Waals surface area contributed by atoms with Crippen LogP contribution in [0.3, 0.4) is 0 Å². The van der Waals surface area contributed by atoms with Crippen molar-refractivity contribution in [2.24, 2.45) is 5.92 Å². The third-order valence-corrected chi connectivity index (χ3v) is 3.09. The van der Waals surface area contributed by atoms with Crippen molar-refractivity contribution in [2.45, 2.75) is 38.6 Å². The van der Waals surface area contributed by atoms with Crippen molar-refractivity contribution in [1.82, 2.24) is 9.78 Å². The Labute approximate surface area is 83.1 Å². The van der Waals surface area contributed by atoms with Crippen molar-refractivity contribution < 1.29 is 4.79 Å². The molecule has 0 saturated heterocycles. The summed E-state index contributed by atoms with van der Waals surface area (Å²) in [5, 5.41) is 4.38. The molecule has 3 heteroatoms. The lowest BCUT2D eigenvalue weighted by molar-refractivity contribution is 0.0967. The first-order chi connectivity index (χ1) is 6.83. The Bertz CT molecular complexity index is 377. The predicted molar refractivity (Wildman–Crippen MR) is 52.2 cm³/mol. The first-order valence-corrected chi connectivity index (χ1v) is 5.42. The molecule has 0 spiro atoms. The van der Waals surface area contributed by atoms with Gasteiger partial charge in [0.1, 0.15) is 5.69 Å². The van der Waals surface area contributed by atoms with E-state index in [1.165, 1.54) is 18.4 Å². The highest BCUT2D eigenvalue weighted by molar-refractivity contribution is 5.96. The van der Waals surface area contributed by atoms with Crippen LogP contribution in [-0.4, -0.2) is 15.6 Å². The number of nitrogens with zero attached hydrogens (tertiary/aromatic N) is 2. The van der Waals surface area contributed by atoms with Gasteiger partial charge in [-0.3, -0.25) is 9.48 Å². The lowest BCUT2D eigenvalue weighted by Crippen LogP contribution is -2.10. The summed E-state index contributed by atoms with van der Waals surface area (Å²) in [6.45, 7) is 1.01. The third-order valence-electron chi connectivity index (χ3n) is 3.09. The number of hydrogen-bond donors (Lipinski definition) is 0. The number of aromatic nitrogens is 2. The molecule has 1 aromatic rings. The highest BCUT2D eigenvalue weighted by Crippen LogP contribution is 2.31. The summed E-state index contributed by atoms with van der Waals surface area (Å²) in [6.07, 6.45) is 7.46. The van der Waals surface area contributed by atoms with Crippen molar-refractivity contribution in [3.8, 4) is 0 Å². The summed E-state index contributed by atoms with van der Waals surface area (Å²) in [6, 6.07) is 0. The summed E-state index contributed by atoms with van der Waals surface area (Å²) in [7, 11) is 0. The SMILES string of the molecule is O=C1CCCc2cn(CC3CC3)nc21. The fourth-order valence-corrected chi connectivity index (χ4v) is 2.10. The molecule has 0 bridgehead atoms. The van der Waals surface area contributed by atoms with Crippen molar-refractivity contribution in [3.63, 3.8) is 0 Å². The zero-order valence-corrected chi connectivity index (χ0v) is 8.20. The molecule has 0 radical (unpaired) electrons. The van der Waals surface area contributed by atoms with Gasteiger partial charge in [0.05, 0.1) is 0 Å². The van der Waals surface area contributed by atoms with E-state index < -0.39 is 0 Å². The van der Waals surface area contributed by atoms with Gasteiger partial charge in [0.2, 0.25) is 0 Å². The Morgan fingerprint density at radius 3 is 3.00 bits per heavy atom. The fourth-order valence-electron chi connectivity index (χ4n) is 2.10. The Hall–Kier alpha value is -1.12. The molecule has 2 aliphatic carbocycles. The minimum atomic E-state index is 0.237. The molecule has 0 atom stereocenters. The number of carbonyl (C=O) groups excluding carboxylic acids is 1. The van der Waals surface area contributed by atoms with E-state index in [1.54, 1.807) is 0 Å². The first-order valence-electron chi connectivity index (χ1n) is 5.42. The van der Waals surface area contributed by atoms with Gasteiger partial charge in [0, 0.05) is 24.7 Å². The molecule has 2 aliphatic rings. The molecule has 1 heterocycles. The van der Waals surface area contributed by atoms with E-state index in [0.717, 1.165) is 31.0 Å².